The Hall–Kier alpha value is -4.08. The number of aromatic nitrogens is 4. The molecule has 9 nitrogen and oxygen atoms in total. The van der Waals surface area contributed by atoms with E-state index in [4.69, 9.17) is 4.52 Å². The van der Waals surface area contributed by atoms with Crippen LogP contribution in [0.4, 0.5) is 10.1 Å². The molecule has 2 aliphatic rings. The second-order valence-corrected chi connectivity index (χ2v) is 9.88. The van der Waals surface area contributed by atoms with Gasteiger partial charge in [0.15, 0.2) is 0 Å². The van der Waals surface area contributed by atoms with Gasteiger partial charge in [0.05, 0.1) is 17.1 Å². The van der Waals surface area contributed by atoms with Crippen LogP contribution in [0.1, 0.15) is 36.8 Å². The quantitative estimate of drug-likeness (QED) is 0.421. The van der Waals surface area contributed by atoms with E-state index < -0.39 is 5.92 Å². The summed E-state index contributed by atoms with van der Waals surface area (Å²) < 4.78 is 20.7. The Balaban J connectivity index is 1.09. The largest absolute Gasteiger partial charge is 0.342 e. The molecule has 2 aliphatic heterocycles. The van der Waals surface area contributed by atoms with Gasteiger partial charge < -0.3 is 14.3 Å². The number of piperidine rings is 1. The highest BCUT2D eigenvalue weighted by Gasteiger charge is 2.38. The lowest BCUT2D eigenvalue weighted by Crippen LogP contribution is -2.42. The van der Waals surface area contributed by atoms with Gasteiger partial charge in [-0.3, -0.25) is 14.3 Å². The van der Waals surface area contributed by atoms with Crippen molar-refractivity contribution in [1.29, 1.82) is 0 Å². The number of carbonyl (C=O) groups is 2. The zero-order chi connectivity index (χ0) is 25.7. The van der Waals surface area contributed by atoms with E-state index in [1.54, 1.807) is 17.0 Å². The maximum Gasteiger partial charge on any atom is 0.230 e. The maximum atomic E-state index is 13.2. The molecule has 1 atom stereocenters. The summed E-state index contributed by atoms with van der Waals surface area (Å²) in [5.41, 5.74) is 3.47. The van der Waals surface area contributed by atoms with E-state index >= 15 is 0 Å². The van der Waals surface area contributed by atoms with Crippen molar-refractivity contribution in [3.8, 4) is 11.4 Å². The van der Waals surface area contributed by atoms with E-state index in [1.807, 2.05) is 41.8 Å². The maximum absolute atomic E-state index is 13.2. The second-order valence-electron chi connectivity index (χ2n) is 9.88. The molecule has 6 rings (SSSR count). The molecule has 0 spiro atoms. The molecule has 0 bridgehead atoms. The highest BCUT2D eigenvalue weighted by atomic mass is 19.1. The summed E-state index contributed by atoms with van der Waals surface area (Å²) >= 11 is 0. The monoisotopic (exact) mass is 502 g/mol. The first-order valence-corrected chi connectivity index (χ1v) is 12.5. The number of rotatable bonds is 4. The number of anilines is 1. The molecule has 2 aromatic carbocycles. The lowest BCUT2D eigenvalue weighted by Gasteiger charge is -2.32. The molecule has 10 heteroatoms. The van der Waals surface area contributed by atoms with Crippen LogP contribution in [0, 0.1) is 18.7 Å². The van der Waals surface area contributed by atoms with Gasteiger partial charge in [-0.15, -0.1) is 0 Å². The van der Waals surface area contributed by atoms with Crippen LogP contribution in [-0.2, 0) is 16.6 Å². The van der Waals surface area contributed by atoms with Crippen LogP contribution < -0.4 is 4.90 Å². The number of amides is 2. The minimum Gasteiger partial charge on any atom is -0.342 e. The van der Waals surface area contributed by atoms with Crippen molar-refractivity contribution in [2.45, 2.75) is 32.1 Å². The van der Waals surface area contributed by atoms with Crippen LogP contribution in [0.3, 0.4) is 0 Å². The van der Waals surface area contributed by atoms with Crippen molar-refractivity contribution in [2.75, 3.05) is 24.5 Å². The van der Waals surface area contributed by atoms with Gasteiger partial charge in [-0.1, -0.05) is 17.3 Å². The van der Waals surface area contributed by atoms with Gasteiger partial charge in [-0.2, -0.15) is 10.1 Å². The van der Waals surface area contributed by atoms with Gasteiger partial charge in [-0.25, -0.2) is 4.39 Å². The third kappa shape index (κ3) is 4.26. The van der Waals surface area contributed by atoms with Gasteiger partial charge in [0.2, 0.25) is 23.5 Å². The Labute approximate surface area is 212 Å². The van der Waals surface area contributed by atoms with Crippen molar-refractivity contribution in [3.05, 3.63) is 59.9 Å². The molecular weight excluding hydrogens is 475 g/mol. The lowest BCUT2D eigenvalue weighted by atomic mass is 9.95. The minimum atomic E-state index is -0.394. The first kappa shape index (κ1) is 23.3. The predicted octanol–water partition coefficient (Wildman–Crippen LogP) is 3.83. The van der Waals surface area contributed by atoms with Crippen LogP contribution in [0.25, 0.3) is 22.3 Å². The summed E-state index contributed by atoms with van der Waals surface area (Å²) in [6.07, 6.45) is 1.61. The number of nitrogens with zero attached hydrogens (tertiary/aromatic N) is 6. The highest BCUT2D eigenvalue weighted by Crippen LogP contribution is 2.32. The van der Waals surface area contributed by atoms with Gasteiger partial charge in [-0.05, 0) is 50.1 Å². The van der Waals surface area contributed by atoms with Crippen LogP contribution in [0.15, 0.2) is 47.0 Å². The Kier molecular flexibility index (Phi) is 5.73. The molecule has 0 saturated carbocycles. The second kappa shape index (κ2) is 9.10. The summed E-state index contributed by atoms with van der Waals surface area (Å²) in [5.74, 6) is 0.328. The summed E-state index contributed by atoms with van der Waals surface area (Å²) in [7, 11) is 1.91. The SMILES string of the molecule is Cc1nn(C)c2cc(-c3noc(C4CCN(C(=O)C5CC(=O)N(c6ccc(F)cc6)C5)CC4)n3)ccc12. The van der Waals surface area contributed by atoms with E-state index in [9.17, 15) is 14.0 Å². The zero-order valence-electron chi connectivity index (χ0n) is 20.7. The lowest BCUT2D eigenvalue weighted by molar-refractivity contribution is -0.136. The van der Waals surface area contributed by atoms with Gasteiger partial charge in [0.1, 0.15) is 5.82 Å². The Morgan fingerprint density at radius 2 is 1.86 bits per heavy atom. The summed E-state index contributed by atoms with van der Waals surface area (Å²) in [5, 5.41) is 9.77. The van der Waals surface area contributed by atoms with Crippen molar-refractivity contribution in [1.82, 2.24) is 24.8 Å². The smallest absolute Gasteiger partial charge is 0.230 e. The van der Waals surface area contributed by atoms with Crippen LogP contribution in [-0.4, -0.2) is 56.3 Å². The standard InChI is InChI=1S/C27H27FN6O3/c1-16-22-8-3-18(13-23(22)32(2)30-16)25-29-26(37-31-25)17-9-11-33(12-10-17)27(36)19-14-24(35)34(15-19)21-6-4-20(28)5-7-21/h3-8,13,17,19H,9-12,14-15H2,1-2H3. The number of carbonyl (C=O) groups excluding carboxylic acids is 2. The molecule has 37 heavy (non-hydrogen) atoms. The van der Waals surface area contributed by atoms with Crippen molar-refractivity contribution in [2.24, 2.45) is 13.0 Å². The van der Waals surface area contributed by atoms with E-state index in [0.717, 1.165) is 35.0 Å². The molecule has 4 heterocycles. The third-order valence-electron chi connectivity index (χ3n) is 7.50. The highest BCUT2D eigenvalue weighted by molar-refractivity contribution is 6.00. The fourth-order valence-electron chi connectivity index (χ4n) is 5.44. The molecule has 190 valence electrons. The first-order chi connectivity index (χ1) is 17.9. The number of likely N-dealkylation sites (tertiary alicyclic amines) is 1. The molecule has 0 aliphatic carbocycles. The van der Waals surface area contributed by atoms with E-state index in [-0.39, 0.29) is 30.0 Å². The van der Waals surface area contributed by atoms with Crippen LogP contribution in [0.2, 0.25) is 0 Å². The Morgan fingerprint density at radius 1 is 1.11 bits per heavy atom. The molecule has 2 fully saturated rings. The van der Waals surface area contributed by atoms with Gasteiger partial charge >= 0.3 is 0 Å². The summed E-state index contributed by atoms with van der Waals surface area (Å²) in [4.78, 5) is 33.8. The Morgan fingerprint density at radius 3 is 2.62 bits per heavy atom. The number of halogens is 1. The van der Waals surface area contributed by atoms with Crippen LogP contribution >= 0.6 is 0 Å². The molecule has 4 aromatic rings. The average Bonchev–Trinajstić information content (AvgIpc) is 3.62. The first-order valence-electron chi connectivity index (χ1n) is 12.5. The van der Waals surface area contributed by atoms with Gasteiger partial charge in [0, 0.05) is 55.7 Å². The van der Waals surface area contributed by atoms with Crippen molar-refractivity contribution in [3.63, 3.8) is 0 Å². The molecule has 0 radical (unpaired) electrons. The summed E-state index contributed by atoms with van der Waals surface area (Å²) in [6.45, 7) is 3.44. The molecule has 2 saturated heterocycles. The molecule has 2 aromatic heterocycles. The molecule has 1 unspecified atom stereocenters. The fourth-order valence-corrected chi connectivity index (χ4v) is 5.44. The third-order valence-corrected chi connectivity index (χ3v) is 7.50. The van der Waals surface area contributed by atoms with Crippen LogP contribution in [0.5, 0.6) is 0 Å². The number of hydrogen-bond donors (Lipinski definition) is 0. The van der Waals surface area contributed by atoms with Crippen molar-refractivity contribution < 1.29 is 18.5 Å². The predicted molar refractivity (Wildman–Crippen MR) is 134 cm³/mol. The van der Waals surface area contributed by atoms with E-state index in [2.05, 4.69) is 15.2 Å². The minimum absolute atomic E-state index is 0.0117. The topological polar surface area (TPSA) is 97.4 Å². The summed E-state index contributed by atoms with van der Waals surface area (Å²) in [6, 6.07) is 11.8. The van der Waals surface area contributed by atoms with Crippen molar-refractivity contribution >= 4 is 28.4 Å². The van der Waals surface area contributed by atoms with Gasteiger partial charge in [0.25, 0.3) is 0 Å². The molecule has 2 amide bonds. The number of hydrogen-bond acceptors (Lipinski definition) is 6. The normalized spacial score (nSPS) is 18.8. The van der Waals surface area contributed by atoms with E-state index in [0.29, 0.717) is 37.0 Å². The average molecular weight is 503 g/mol. The molecular formula is C27H27FN6O3. The number of fused-ring (bicyclic) bond motifs is 1. The Bertz CT molecular complexity index is 1490. The van der Waals surface area contributed by atoms with E-state index in [1.165, 1.54) is 12.1 Å². The zero-order valence-corrected chi connectivity index (χ0v) is 20.7. The number of benzene rings is 2. The number of aryl methyl sites for hydroxylation is 2. The fraction of sp³-hybridized carbons (Fsp3) is 0.370. The molecule has 0 N–H and O–H groups in total.